The number of benzene rings is 1. The zero-order valence-corrected chi connectivity index (χ0v) is 15.3. The van der Waals surface area contributed by atoms with Crippen molar-refractivity contribution < 1.29 is 17.9 Å². The Morgan fingerprint density at radius 2 is 1.92 bits per heavy atom. The summed E-state index contributed by atoms with van der Waals surface area (Å²) >= 11 is 0. The first-order valence-corrected chi connectivity index (χ1v) is 8.83. The molecule has 0 amide bonds. The Labute approximate surface area is 152 Å². The first-order valence-electron chi connectivity index (χ1n) is 8.83. The van der Waals surface area contributed by atoms with E-state index in [-0.39, 0.29) is 12.6 Å². The number of rotatable bonds is 7. The highest BCUT2D eigenvalue weighted by Gasteiger charge is 2.27. The van der Waals surface area contributed by atoms with Gasteiger partial charge in [0, 0.05) is 25.7 Å². The molecular formula is C18H27F3N4O. The summed E-state index contributed by atoms with van der Waals surface area (Å²) in [5.74, 6) is 1.18. The number of ether oxygens (including phenoxy) is 1. The first-order chi connectivity index (χ1) is 12.4. The van der Waals surface area contributed by atoms with Crippen molar-refractivity contribution in [1.29, 1.82) is 0 Å². The van der Waals surface area contributed by atoms with Crippen molar-refractivity contribution in [3.05, 3.63) is 29.8 Å². The molecule has 26 heavy (non-hydrogen) atoms. The van der Waals surface area contributed by atoms with Gasteiger partial charge in [0.05, 0.1) is 19.6 Å². The molecule has 1 aromatic carbocycles. The SMILES string of the molecule is CN=C(NCCC(F)(F)F)NCC(c1ccccc1OC)N1CCCC1. The zero-order valence-electron chi connectivity index (χ0n) is 15.3. The molecule has 0 bridgehead atoms. The maximum absolute atomic E-state index is 12.3. The third-order valence-electron chi connectivity index (χ3n) is 4.47. The quantitative estimate of drug-likeness (QED) is 0.571. The maximum Gasteiger partial charge on any atom is 0.390 e. The molecule has 2 rings (SSSR count). The molecule has 1 aliphatic rings. The number of halogens is 3. The third kappa shape index (κ3) is 6.09. The Kier molecular flexibility index (Phi) is 7.56. The molecule has 0 radical (unpaired) electrons. The normalized spacial score (nSPS) is 17.2. The Morgan fingerprint density at radius 3 is 2.54 bits per heavy atom. The lowest BCUT2D eigenvalue weighted by atomic mass is 10.0. The number of likely N-dealkylation sites (tertiary alicyclic amines) is 1. The Bertz CT molecular complexity index is 586. The molecule has 0 aromatic heterocycles. The van der Waals surface area contributed by atoms with Crippen LogP contribution in [0.4, 0.5) is 13.2 Å². The molecule has 146 valence electrons. The van der Waals surface area contributed by atoms with Crippen LogP contribution < -0.4 is 15.4 Å². The summed E-state index contributed by atoms with van der Waals surface area (Å²) in [6.07, 6.45) is -2.79. The number of alkyl halides is 3. The standard InChI is InChI=1S/C18H27F3N4O/c1-22-17(23-10-9-18(19,20)21)24-13-15(25-11-5-6-12-25)14-7-3-4-8-16(14)26-2/h3-4,7-8,15H,5-6,9-13H2,1-2H3,(H2,22,23,24). The second kappa shape index (κ2) is 9.66. The first kappa shape index (κ1) is 20.4. The number of guanidine groups is 1. The predicted octanol–water partition coefficient (Wildman–Crippen LogP) is 2.95. The fraction of sp³-hybridized carbons (Fsp3) is 0.611. The van der Waals surface area contributed by atoms with Crippen LogP contribution in [0.1, 0.15) is 30.9 Å². The summed E-state index contributed by atoms with van der Waals surface area (Å²) in [5.41, 5.74) is 1.06. The Balaban J connectivity index is 2.02. The van der Waals surface area contributed by atoms with E-state index in [1.54, 1.807) is 14.2 Å². The Hall–Kier alpha value is -1.96. The van der Waals surface area contributed by atoms with Crippen molar-refractivity contribution in [3.63, 3.8) is 0 Å². The van der Waals surface area contributed by atoms with Crippen molar-refractivity contribution in [3.8, 4) is 5.75 Å². The van der Waals surface area contributed by atoms with Gasteiger partial charge in [0.2, 0.25) is 0 Å². The van der Waals surface area contributed by atoms with E-state index >= 15 is 0 Å². The number of nitrogens with zero attached hydrogens (tertiary/aromatic N) is 2. The van der Waals surface area contributed by atoms with Gasteiger partial charge in [-0.15, -0.1) is 0 Å². The van der Waals surface area contributed by atoms with Crippen molar-refractivity contribution in [2.45, 2.75) is 31.5 Å². The number of hydrogen-bond acceptors (Lipinski definition) is 3. The summed E-state index contributed by atoms with van der Waals surface area (Å²) in [6, 6.07) is 7.92. The molecule has 8 heteroatoms. The predicted molar refractivity (Wildman–Crippen MR) is 96.6 cm³/mol. The minimum Gasteiger partial charge on any atom is -0.496 e. The van der Waals surface area contributed by atoms with E-state index in [1.165, 1.54) is 0 Å². The van der Waals surface area contributed by atoms with Crippen molar-refractivity contribution in [2.24, 2.45) is 4.99 Å². The van der Waals surface area contributed by atoms with Gasteiger partial charge in [-0.1, -0.05) is 18.2 Å². The highest BCUT2D eigenvalue weighted by molar-refractivity contribution is 5.79. The monoisotopic (exact) mass is 372 g/mol. The van der Waals surface area contributed by atoms with Crippen LogP contribution in [0.25, 0.3) is 0 Å². The van der Waals surface area contributed by atoms with Gasteiger partial charge in [-0.2, -0.15) is 13.2 Å². The zero-order chi connectivity index (χ0) is 19.0. The van der Waals surface area contributed by atoms with E-state index < -0.39 is 12.6 Å². The van der Waals surface area contributed by atoms with Crippen LogP contribution in [0.3, 0.4) is 0 Å². The van der Waals surface area contributed by atoms with Crippen molar-refractivity contribution in [2.75, 3.05) is 40.3 Å². The molecule has 1 unspecified atom stereocenters. The number of nitrogens with one attached hydrogen (secondary N) is 2. The highest BCUT2D eigenvalue weighted by Crippen LogP contribution is 2.31. The van der Waals surface area contributed by atoms with Gasteiger partial charge in [-0.25, -0.2) is 0 Å². The number of aliphatic imine (C=N–C) groups is 1. The third-order valence-corrected chi connectivity index (χ3v) is 4.47. The fourth-order valence-electron chi connectivity index (χ4n) is 3.17. The van der Waals surface area contributed by atoms with E-state index in [1.807, 2.05) is 24.3 Å². The fourth-order valence-corrected chi connectivity index (χ4v) is 3.17. The number of methoxy groups -OCH3 is 1. The molecule has 0 spiro atoms. The van der Waals surface area contributed by atoms with Gasteiger partial charge in [0.15, 0.2) is 5.96 Å². The molecule has 1 saturated heterocycles. The largest absolute Gasteiger partial charge is 0.496 e. The summed E-state index contributed by atoms with van der Waals surface area (Å²) in [7, 11) is 3.20. The van der Waals surface area contributed by atoms with Gasteiger partial charge in [-0.3, -0.25) is 9.89 Å². The van der Waals surface area contributed by atoms with Crippen molar-refractivity contribution >= 4 is 5.96 Å². The molecule has 1 aliphatic heterocycles. The average molecular weight is 372 g/mol. The van der Waals surface area contributed by atoms with E-state index in [0.29, 0.717) is 12.5 Å². The maximum atomic E-state index is 12.3. The summed E-state index contributed by atoms with van der Waals surface area (Å²) in [5, 5.41) is 5.88. The van der Waals surface area contributed by atoms with E-state index in [4.69, 9.17) is 4.74 Å². The second-order valence-electron chi connectivity index (χ2n) is 6.25. The average Bonchev–Trinajstić information content (AvgIpc) is 3.14. The minimum atomic E-state index is -4.18. The summed E-state index contributed by atoms with van der Waals surface area (Å²) in [6.45, 7) is 2.31. The smallest absolute Gasteiger partial charge is 0.390 e. The Morgan fingerprint density at radius 1 is 1.23 bits per heavy atom. The minimum absolute atomic E-state index is 0.0646. The van der Waals surface area contributed by atoms with Crippen LogP contribution in [-0.4, -0.2) is 57.4 Å². The van der Waals surface area contributed by atoms with E-state index in [9.17, 15) is 13.2 Å². The molecule has 1 fully saturated rings. The van der Waals surface area contributed by atoms with Crippen molar-refractivity contribution in [1.82, 2.24) is 15.5 Å². The van der Waals surface area contributed by atoms with E-state index in [0.717, 1.165) is 37.2 Å². The van der Waals surface area contributed by atoms with Crippen LogP contribution in [0, 0.1) is 0 Å². The molecule has 1 aromatic rings. The van der Waals surface area contributed by atoms with Gasteiger partial charge in [0.25, 0.3) is 0 Å². The number of hydrogen-bond donors (Lipinski definition) is 2. The van der Waals surface area contributed by atoms with Gasteiger partial charge in [0.1, 0.15) is 5.75 Å². The summed E-state index contributed by atoms with van der Waals surface area (Å²) < 4.78 is 42.4. The van der Waals surface area contributed by atoms with Crippen LogP contribution in [0.15, 0.2) is 29.3 Å². The highest BCUT2D eigenvalue weighted by atomic mass is 19.4. The van der Waals surface area contributed by atoms with E-state index in [2.05, 4.69) is 20.5 Å². The summed E-state index contributed by atoms with van der Waals surface area (Å²) in [4.78, 5) is 6.39. The van der Waals surface area contributed by atoms with Crippen LogP contribution >= 0.6 is 0 Å². The number of para-hydroxylation sites is 1. The lowest BCUT2D eigenvalue weighted by Crippen LogP contribution is -2.43. The van der Waals surface area contributed by atoms with Gasteiger partial charge in [-0.05, 0) is 32.0 Å². The molecule has 0 saturated carbocycles. The molecule has 0 aliphatic carbocycles. The lowest BCUT2D eigenvalue weighted by molar-refractivity contribution is -0.132. The molecule has 1 heterocycles. The lowest BCUT2D eigenvalue weighted by Gasteiger charge is -2.30. The molecular weight excluding hydrogens is 345 g/mol. The topological polar surface area (TPSA) is 48.9 Å². The second-order valence-corrected chi connectivity index (χ2v) is 6.25. The molecule has 1 atom stereocenters. The van der Waals surface area contributed by atoms with Crippen LogP contribution in [0.2, 0.25) is 0 Å². The molecule has 2 N–H and O–H groups in total. The van der Waals surface area contributed by atoms with Crippen LogP contribution in [0.5, 0.6) is 5.75 Å². The van der Waals surface area contributed by atoms with Gasteiger partial charge < -0.3 is 15.4 Å². The molecule has 5 nitrogen and oxygen atoms in total. The van der Waals surface area contributed by atoms with Crippen LogP contribution in [-0.2, 0) is 0 Å². The van der Waals surface area contributed by atoms with Gasteiger partial charge >= 0.3 is 6.18 Å².